The van der Waals surface area contributed by atoms with Crippen molar-refractivity contribution in [1.82, 2.24) is 0 Å². The first kappa shape index (κ1) is 28.1. The van der Waals surface area contributed by atoms with Crippen molar-refractivity contribution < 1.29 is 14.3 Å². The maximum absolute atomic E-state index is 13.5. The zero-order valence-corrected chi connectivity index (χ0v) is 26.0. The van der Waals surface area contributed by atoms with Gasteiger partial charge in [-0.1, -0.05) is 65.2 Å². The first-order valence-corrected chi connectivity index (χ1v) is 15.4. The highest BCUT2D eigenvalue weighted by atomic mass is 35.5. The molecular weight excluding hydrogens is 568 g/mol. The van der Waals surface area contributed by atoms with Crippen molar-refractivity contribution in [3.63, 3.8) is 0 Å². The van der Waals surface area contributed by atoms with Crippen LogP contribution in [-0.4, -0.2) is 19.1 Å². The molecular formula is C38H33ClN2O3. The third-order valence-electron chi connectivity index (χ3n) is 8.72. The topological polar surface area (TPSA) is 42.0 Å². The summed E-state index contributed by atoms with van der Waals surface area (Å²) in [5.41, 5.74) is 7.67. The zero-order chi connectivity index (χ0) is 30.6. The Hall–Kier alpha value is -4.74. The monoisotopic (exact) mass is 600 g/mol. The number of anilines is 4. The van der Waals surface area contributed by atoms with Gasteiger partial charge in [-0.2, -0.15) is 0 Å². The van der Waals surface area contributed by atoms with Crippen molar-refractivity contribution in [2.45, 2.75) is 33.3 Å². The fraction of sp³-hybridized carbons (Fsp3) is 0.184. The minimum atomic E-state index is -1.20. The molecule has 0 saturated heterocycles. The number of halogens is 1. The highest BCUT2D eigenvalue weighted by Crippen LogP contribution is 2.58. The molecule has 5 aromatic carbocycles. The van der Waals surface area contributed by atoms with E-state index in [9.17, 15) is 4.79 Å². The molecule has 2 aliphatic heterocycles. The van der Waals surface area contributed by atoms with Crippen LogP contribution in [0.5, 0.6) is 11.5 Å². The van der Waals surface area contributed by atoms with Gasteiger partial charge in [0, 0.05) is 59.0 Å². The summed E-state index contributed by atoms with van der Waals surface area (Å²) >= 11 is 7.16. The van der Waals surface area contributed by atoms with Gasteiger partial charge in [-0.3, -0.25) is 0 Å². The van der Waals surface area contributed by atoms with E-state index in [1.54, 1.807) is 0 Å². The van der Waals surface area contributed by atoms with E-state index in [0.29, 0.717) is 22.1 Å². The number of hydrogen-bond acceptors (Lipinski definition) is 5. The summed E-state index contributed by atoms with van der Waals surface area (Å²) in [6.45, 7) is 10.1. The quantitative estimate of drug-likeness (QED) is 0.181. The van der Waals surface area contributed by atoms with E-state index in [2.05, 4.69) is 92.1 Å². The van der Waals surface area contributed by atoms with E-state index in [1.165, 1.54) is 0 Å². The molecule has 0 bridgehead atoms. The number of benzene rings is 5. The summed E-state index contributed by atoms with van der Waals surface area (Å²) < 4.78 is 13.1. The molecule has 0 aromatic heterocycles. The predicted molar refractivity (Wildman–Crippen MR) is 177 cm³/mol. The molecule has 5 aromatic rings. The van der Waals surface area contributed by atoms with Gasteiger partial charge in [0.15, 0.2) is 5.60 Å². The third kappa shape index (κ3) is 4.34. The van der Waals surface area contributed by atoms with Gasteiger partial charge in [0.2, 0.25) is 0 Å². The molecule has 0 amide bonds. The molecule has 0 saturated carbocycles. The van der Waals surface area contributed by atoms with Gasteiger partial charge in [-0.25, -0.2) is 4.79 Å². The van der Waals surface area contributed by atoms with Crippen molar-refractivity contribution in [3.05, 3.63) is 142 Å². The van der Waals surface area contributed by atoms with Crippen LogP contribution in [0.25, 0.3) is 0 Å². The molecule has 2 aliphatic rings. The Labute approximate surface area is 263 Å². The van der Waals surface area contributed by atoms with Crippen molar-refractivity contribution in [2.24, 2.45) is 0 Å². The highest BCUT2D eigenvalue weighted by molar-refractivity contribution is 6.34. The number of esters is 1. The third-order valence-corrected chi connectivity index (χ3v) is 9.02. The fourth-order valence-corrected chi connectivity index (χ4v) is 6.68. The number of nitrogens with zero attached hydrogens (tertiary/aromatic N) is 2. The fourth-order valence-electron chi connectivity index (χ4n) is 6.44. The van der Waals surface area contributed by atoms with E-state index >= 15 is 0 Å². The van der Waals surface area contributed by atoms with E-state index in [0.717, 1.165) is 63.7 Å². The van der Waals surface area contributed by atoms with Crippen molar-refractivity contribution in [2.75, 3.05) is 22.9 Å². The standard InChI is InChI=1S/C38H33ClN2O3/c1-5-40(6-2)28-19-20-31-35(21-28)43-36-23-33(39)34(22-32(36)38(31)30-10-8-7-9-29(30)37(42)44-38)41(26-15-11-24(3)12-16-26)27-17-13-25(4)14-18-27/h7-23H,5-6H2,1-4H3. The zero-order valence-electron chi connectivity index (χ0n) is 25.2. The van der Waals surface area contributed by atoms with Crippen LogP contribution >= 0.6 is 11.6 Å². The highest BCUT2D eigenvalue weighted by Gasteiger charge is 2.54. The van der Waals surface area contributed by atoms with Crippen LogP contribution in [0.3, 0.4) is 0 Å². The minimum Gasteiger partial charge on any atom is -0.456 e. The maximum Gasteiger partial charge on any atom is 0.340 e. The van der Waals surface area contributed by atoms with Crippen LogP contribution in [0.4, 0.5) is 22.7 Å². The molecule has 0 fully saturated rings. The van der Waals surface area contributed by atoms with Gasteiger partial charge in [-0.05, 0) is 76.2 Å². The molecule has 2 heterocycles. The lowest BCUT2D eigenvalue weighted by Crippen LogP contribution is -2.33. The molecule has 0 aliphatic carbocycles. The number of carbonyl (C=O) groups excluding carboxylic acids is 1. The SMILES string of the molecule is CCN(CC)c1ccc2c(c1)Oc1cc(Cl)c(N(c3ccc(C)cc3)c3ccc(C)cc3)cc1C21OC(=O)c2ccccc21. The summed E-state index contributed by atoms with van der Waals surface area (Å²) in [4.78, 5) is 17.9. The molecule has 1 unspecified atom stereocenters. The van der Waals surface area contributed by atoms with Crippen LogP contribution in [0, 0.1) is 13.8 Å². The molecule has 5 nitrogen and oxygen atoms in total. The lowest BCUT2D eigenvalue weighted by Gasteiger charge is -2.38. The van der Waals surface area contributed by atoms with E-state index in [4.69, 9.17) is 21.1 Å². The Morgan fingerprint density at radius 3 is 1.91 bits per heavy atom. The van der Waals surface area contributed by atoms with Crippen LogP contribution in [0.2, 0.25) is 5.02 Å². The normalized spacial score (nSPS) is 16.1. The molecule has 0 radical (unpaired) electrons. The Bertz CT molecular complexity index is 1850. The van der Waals surface area contributed by atoms with Crippen molar-refractivity contribution in [1.29, 1.82) is 0 Å². The molecule has 220 valence electrons. The average Bonchev–Trinajstić information content (AvgIpc) is 3.32. The first-order valence-electron chi connectivity index (χ1n) is 15.0. The number of fused-ring (bicyclic) bond motifs is 6. The number of rotatable bonds is 6. The molecule has 6 heteroatoms. The largest absolute Gasteiger partial charge is 0.456 e. The van der Waals surface area contributed by atoms with Crippen LogP contribution in [0.1, 0.15) is 52.0 Å². The maximum atomic E-state index is 13.5. The lowest BCUT2D eigenvalue weighted by molar-refractivity contribution is 0.0224. The number of aryl methyl sites for hydroxylation is 2. The van der Waals surface area contributed by atoms with Gasteiger partial charge >= 0.3 is 5.97 Å². The van der Waals surface area contributed by atoms with Crippen LogP contribution < -0.4 is 14.5 Å². The Morgan fingerprint density at radius 2 is 1.27 bits per heavy atom. The Kier molecular flexibility index (Phi) is 6.86. The minimum absolute atomic E-state index is 0.363. The molecule has 1 spiro atoms. The van der Waals surface area contributed by atoms with E-state index in [1.807, 2.05) is 48.5 Å². The van der Waals surface area contributed by atoms with Crippen molar-refractivity contribution >= 4 is 40.3 Å². The Balaban J connectivity index is 1.49. The Morgan fingerprint density at radius 1 is 0.682 bits per heavy atom. The second-order valence-corrected chi connectivity index (χ2v) is 11.8. The van der Waals surface area contributed by atoms with Gasteiger partial charge in [0.25, 0.3) is 0 Å². The van der Waals surface area contributed by atoms with Gasteiger partial charge in [0.05, 0.1) is 16.3 Å². The molecule has 1 atom stereocenters. The summed E-state index contributed by atoms with van der Waals surface area (Å²) in [5.74, 6) is 0.835. The predicted octanol–water partition coefficient (Wildman–Crippen LogP) is 9.84. The molecule has 44 heavy (non-hydrogen) atoms. The molecule has 0 N–H and O–H groups in total. The first-order chi connectivity index (χ1) is 21.3. The van der Waals surface area contributed by atoms with E-state index < -0.39 is 5.60 Å². The van der Waals surface area contributed by atoms with Crippen LogP contribution in [-0.2, 0) is 10.3 Å². The summed E-state index contributed by atoms with van der Waals surface area (Å²) in [6.07, 6.45) is 0. The number of hydrogen-bond donors (Lipinski definition) is 0. The van der Waals surface area contributed by atoms with Crippen molar-refractivity contribution in [3.8, 4) is 11.5 Å². The summed E-state index contributed by atoms with van der Waals surface area (Å²) in [6, 6.07) is 34.4. The summed E-state index contributed by atoms with van der Waals surface area (Å²) in [5, 5.41) is 0.515. The average molecular weight is 601 g/mol. The number of ether oxygens (including phenoxy) is 2. The van der Waals surface area contributed by atoms with Gasteiger partial charge in [0.1, 0.15) is 11.5 Å². The smallest absolute Gasteiger partial charge is 0.340 e. The van der Waals surface area contributed by atoms with E-state index in [-0.39, 0.29) is 5.97 Å². The molecule has 7 rings (SSSR count). The second-order valence-electron chi connectivity index (χ2n) is 11.4. The van der Waals surface area contributed by atoms with Gasteiger partial charge < -0.3 is 19.3 Å². The van der Waals surface area contributed by atoms with Gasteiger partial charge in [-0.15, -0.1) is 0 Å². The number of carbonyl (C=O) groups is 1. The van der Waals surface area contributed by atoms with Crippen LogP contribution in [0.15, 0.2) is 103 Å². The summed E-state index contributed by atoms with van der Waals surface area (Å²) in [7, 11) is 0. The lowest BCUT2D eigenvalue weighted by atomic mass is 9.77. The second kappa shape index (κ2) is 10.8.